The fourth-order valence-electron chi connectivity index (χ4n) is 1.97. The zero-order valence-corrected chi connectivity index (χ0v) is 12.3. The Kier molecular flexibility index (Phi) is 5.24. The number of nitro groups is 1. The summed E-state index contributed by atoms with van der Waals surface area (Å²) in [6.07, 6.45) is 0. The van der Waals surface area contributed by atoms with Gasteiger partial charge in [-0.15, -0.1) is 0 Å². The molecule has 23 heavy (non-hydrogen) atoms. The first-order valence-corrected chi connectivity index (χ1v) is 6.79. The lowest BCUT2D eigenvalue weighted by atomic mass is 10.1. The predicted octanol–water partition coefficient (Wildman–Crippen LogP) is 3.28. The molecule has 2 aromatic rings. The van der Waals surface area contributed by atoms with Crippen LogP contribution in [0.4, 0.5) is 10.1 Å². The minimum absolute atomic E-state index is 0.0271. The van der Waals surface area contributed by atoms with Crippen molar-refractivity contribution >= 4 is 11.7 Å². The number of esters is 1. The number of para-hydroxylation sites is 1. The number of rotatable bonds is 6. The van der Waals surface area contributed by atoms with Gasteiger partial charge in [0.1, 0.15) is 13.2 Å². The summed E-state index contributed by atoms with van der Waals surface area (Å²) >= 11 is 0. The zero-order chi connectivity index (χ0) is 16.8. The first kappa shape index (κ1) is 16.4. The molecule has 120 valence electrons. The number of nitrogens with zero attached hydrogens (tertiary/aromatic N) is 1. The summed E-state index contributed by atoms with van der Waals surface area (Å²) in [7, 11) is 0. The second kappa shape index (κ2) is 7.35. The van der Waals surface area contributed by atoms with Crippen LogP contribution in [0.2, 0.25) is 0 Å². The van der Waals surface area contributed by atoms with Crippen LogP contribution < -0.4 is 4.74 Å². The molecule has 0 radical (unpaired) electrons. The first-order chi connectivity index (χ1) is 11.0. The van der Waals surface area contributed by atoms with Crippen LogP contribution in [0, 0.1) is 22.9 Å². The number of halogens is 1. The Morgan fingerprint density at radius 3 is 2.61 bits per heavy atom. The Labute approximate surface area is 131 Å². The average molecular weight is 319 g/mol. The molecule has 0 aliphatic carbocycles. The molecule has 6 nitrogen and oxygen atoms in total. The van der Waals surface area contributed by atoms with Crippen LogP contribution in [-0.4, -0.2) is 24.1 Å². The quantitative estimate of drug-likeness (QED) is 0.353. The lowest BCUT2D eigenvalue weighted by Crippen LogP contribution is -2.14. The highest BCUT2D eigenvalue weighted by Crippen LogP contribution is 2.21. The predicted molar refractivity (Wildman–Crippen MR) is 80.0 cm³/mol. The molecule has 0 N–H and O–H groups in total. The van der Waals surface area contributed by atoms with Crippen LogP contribution in [0.15, 0.2) is 42.5 Å². The summed E-state index contributed by atoms with van der Waals surface area (Å²) in [5, 5.41) is 10.8. The van der Waals surface area contributed by atoms with Crippen molar-refractivity contribution in [1.29, 1.82) is 0 Å². The molecule has 0 saturated carbocycles. The summed E-state index contributed by atoms with van der Waals surface area (Å²) in [6, 6.07) is 10.0. The number of hydrogen-bond donors (Lipinski definition) is 0. The standard InChI is InChI=1S/C16H14FNO5/c1-11-12(5-4-7-14(11)18(20)21)16(19)23-10-9-22-15-8-3-2-6-13(15)17/h2-8H,9-10H2,1H3. The fourth-order valence-corrected chi connectivity index (χ4v) is 1.97. The first-order valence-electron chi connectivity index (χ1n) is 6.79. The van der Waals surface area contributed by atoms with Crippen LogP contribution >= 0.6 is 0 Å². The number of hydrogen-bond acceptors (Lipinski definition) is 5. The highest BCUT2D eigenvalue weighted by molar-refractivity contribution is 5.92. The number of benzene rings is 2. The number of nitro benzene ring substituents is 1. The second-order valence-electron chi connectivity index (χ2n) is 4.62. The minimum atomic E-state index is -0.691. The summed E-state index contributed by atoms with van der Waals surface area (Å²) in [5.41, 5.74) is 0.199. The Balaban J connectivity index is 1.92. The van der Waals surface area contributed by atoms with Gasteiger partial charge in [-0.05, 0) is 25.1 Å². The summed E-state index contributed by atoms with van der Waals surface area (Å²) in [4.78, 5) is 22.2. The van der Waals surface area contributed by atoms with Crippen molar-refractivity contribution in [1.82, 2.24) is 0 Å². The van der Waals surface area contributed by atoms with Gasteiger partial charge in [0.15, 0.2) is 11.6 Å². The minimum Gasteiger partial charge on any atom is -0.487 e. The van der Waals surface area contributed by atoms with E-state index < -0.39 is 16.7 Å². The summed E-state index contributed by atoms with van der Waals surface area (Å²) in [5.74, 6) is -1.13. The van der Waals surface area contributed by atoms with E-state index in [9.17, 15) is 19.3 Å². The molecule has 0 unspecified atom stereocenters. The van der Waals surface area contributed by atoms with Crippen molar-refractivity contribution in [2.45, 2.75) is 6.92 Å². The lowest BCUT2D eigenvalue weighted by molar-refractivity contribution is -0.385. The zero-order valence-electron chi connectivity index (χ0n) is 12.3. The third-order valence-corrected chi connectivity index (χ3v) is 3.13. The molecule has 0 saturated heterocycles. The molecule has 0 aliphatic rings. The van der Waals surface area contributed by atoms with Crippen molar-refractivity contribution < 1.29 is 23.6 Å². The van der Waals surface area contributed by atoms with Crippen LogP contribution in [-0.2, 0) is 4.74 Å². The molecule has 0 heterocycles. The molecule has 2 rings (SSSR count). The number of carbonyl (C=O) groups is 1. The maximum Gasteiger partial charge on any atom is 0.338 e. The molecule has 0 aromatic heterocycles. The van der Waals surface area contributed by atoms with Gasteiger partial charge in [0.05, 0.1) is 10.5 Å². The van der Waals surface area contributed by atoms with Gasteiger partial charge in [-0.2, -0.15) is 0 Å². The van der Waals surface area contributed by atoms with Crippen LogP contribution in [0.5, 0.6) is 5.75 Å². The number of ether oxygens (including phenoxy) is 2. The van der Waals surface area contributed by atoms with Gasteiger partial charge in [0.25, 0.3) is 5.69 Å². The van der Waals surface area contributed by atoms with Gasteiger partial charge < -0.3 is 9.47 Å². The number of carbonyl (C=O) groups excluding carboxylic acids is 1. The molecule has 0 aliphatic heterocycles. The second-order valence-corrected chi connectivity index (χ2v) is 4.62. The largest absolute Gasteiger partial charge is 0.487 e. The van der Waals surface area contributed by atoms with Crippen molar-refractivity contribution in [2.24, 2.45) is 0 Å². The highest BCUT2D eigenvalue weighted by atomic mass is 19.1. The van der Waals surface area contributed by atoms with E-state index in [1.807, 2.05) is 0 Å². The molecular formula is C16H14FNO5. The van der Waals surface area contributed by atoms with Gasteiger partial charge >= 0.3 is 5.97 Å². The maximum atomic E-state index is 13.3. The van der Waals surface area contributed by atoms with E-state index in [-0.39, 0.29) is 35.8 Å². The smallest absolute Gasteiger partial charge is 0.338 e. The topological polar surface area (TPSA) is 78.7 Å². The SMILES string of the molecule is Cc1c(C(=O)OCCOc2ccccc2F)cccc1[N+](=O)[O-]. The molecule has 7 heteroatoms. The molecule has 0 spiro atoms. The molecule has 0 atom stereocenters. The lowest BCUT2D eigenvalue weighted by Gasteiger charge is -2.09. The van der Waals surface area contributed by atoms with Gasteiger partial charge in [0, 0.05) is 11.6 Å². The Morgan fingerprint density at radius 1 is 1.17 bits per heavy atom. The van der Waals surface area contributed by atoms with Gasteiger partial charge in [-0.1, -0.05) is 18.2 Å². The van der Waals surface area contributed by atoms with Crippen molar-refractivity contribution in [3.8, 4) is 5.75 Å². The van der Waals surface area contributed by atoms with E-state index in [1.54, 1.807) is 6.07 Å². The normalized spacial score (nSPS) is 10.2. The van der Waals surface area contributed by atoms with Crippen LogP contribution in [0.3, 0.4) is 0 Å². The average Bonchev–Trinajstić information content (AvgIpc) is 2.52. The molecule has 0 amide bonds. The van der Waals surface area contributed by atoms with Gasteiger partial charge in [0.2, 0.25) is 0 Å². The third kappa shape index (κ3) is 4.03. The van der Waals surface area contributed by atoms with E-state index in [2.05, 4.69) is 0 Å². The van der Waals surface area contributed by atoms with Crippen molar-refractivity contribution in [3.63, 3.8) is 0 Å². The third-order valence-electron chi connectivity index (χ3n) is 3.13. The van der Waals surface area contributed by atoms with E-state index in [4.69, 9.17) is 9.47 Å². The molecule has 2 aromatic carbocycles. The van der Waals surface area contributed by atoms with E-state index in [0.29, 0.717) is 0 Å². The van der Waals surface area contributed by atoms with Gasteiger partial charge in [-0.3, -0.25) is 10.1 Å². The van der Waals surface area contributed by atoms with E-state index in [0.717, 1.165) is 0 Å². The van der Waals surface area contributed by atoms with Crippen LogP contribution in [0.25, 0.3) is 0 Å². The maximum absolute atomic E-state index is 13.3. The van der Waals surface area contributed by atoms with Crippen molar-refractivity contribution in [3.05, 3.63) is 69.5 Å². The summed E-state index contributed by atoms with van der Waals surface area (Å²) < 4.78 is 23.5. The molecule has 0 fully saturated rings. The Bertz CT molecular complexity index is 732. The van der Waals surface area contributed by atoms with E-state index in [1.165, 1.54) is 43.3 Å². The van der Waals surface area contributed by atoms with Crippen LogP contribution in [0.1, 0.15) is 15.9 Å². The highest BCUT2D eigenvalue weighted by Gasteiger charge is 2.18. The molecular weight excluding hydrogens is 305 g/mol. The molecule has 0 bridgehead atoms. The Morgan fingerprint density at radius 2 is 1.91 bits per heavy atom. The van der Waals surface area contributed by atoms with E-state index >= 15 is 0 Å². The fraction of sp³-hybridized carbons (Fsp3) is 0.188. The van der Waals surface area contributed by atoms with Gasteiger partial charge in [-0.25, -0.2) is 9.18 Å². The Hall–Kier alpha value is -2.96. The monoisotopic (exact) mass is 319 g/mol. The summed E-state index contributed by atoms with van der Waals surface area (Å²) in [6.45, 7) is 1.35. The van der Waals surface area contributed by atoms with Crippen molar-refractivity contribution in [2.75, 3.05) is 13.2 Å².